The zero-order valence-electron chi connectivity index (χ0n) is 10.4. The van der Waals surface area contributed by atoms with Crippen LogP contribution in [0.3, 0.4) is 0 Å². The minimum absolute atomic E-state index is 0.126. The average molecular weight is 262 g/mol. The number of amides is 2. The summed E-state index contributed by atoms with van der Waals surface area (Å²) in [5.41, 5.74) is 0.480. The zero-order valence-corrected chi connectivity index (χ0v) is 10.4. The molecule has 1 aromatic carbocycles. The Morgan fingerprint density at radius 1 is 1.47 bits per heavy atom. The molecule has 0 aromatic heterocycles. The van der Waals surface area contributed by atoms with Crippen LogP contribution in [0.1, 0.15) is 6.92 Å². The van der Waals surface area contributed by atoms with Gasteiger partial charge in [-0.15, -0.1) is 0 Å². The molecule has 0 aliphatic rings. The fourth-order valence-corrected chi connectivity index (χ4v) is 1.33. The van der Waals surface area contributed by atoms with Gasteiger partial charge in [0.15, 0.2) is 0 Å². The molecule has 1 aromatic rings. The van der Waals surface area contributed by atoms with E-state index in [-0.39, 0.29) is 6.61 Å². The highest BCUT2D eigenvalue weighted by molar-refractivity contribution is 5.98. The number of nitrogens with one attached hydrogen (secondary N) is 1. The summed E-state index contributed by atoms with van der Waals surface area (Å²) in [4.78, 5) is 22.8. The molecular weight excluding hydrogens is 248 g/mol. The van der Waals surface area contributed by atoms with E-state index >= 15 is 0 Å². The van der Waals surface area contributed by atoms with Crippen molar-refractivity contribution in [3.8, 4) is 6.07 Å². The number of hydrazine groups is 1. The van der Waals surface area contributed by atoms with E-state index < -0.39 is 18.0 Å². The number of nitrogens with two attached hydrogens (primary N) is 1. The quantitative estimate of drug-likeness (QED) is 0.605. The summed E-state index contributed by atoms with van der Waals surface area (Å²) in [6.45, 7) is 1.73. The van der Waals surface area contributed by atoms with Crippen LogP contribution in [-0.4, -0.2) is 24.6 Å². The first-order valence-corrected chi connectivity index (χ1v) is 5.56. The Morgan fingerprint density at radius 3 is 2.63 bits per heavy atom. The zero-order chi connectivity index (χ0) is 14.3. The van der Waals surface area contributed by atoms with Crippen LogP contribution in [0.25, 0.3) is 0 Å². The summed E-state index contributed by atoms with van der Waals surface area (Å²) < 4.78 is 4.55. The second kappa shape index (κ2) is 6.98. The molecule has 0 saturated carbocycles. The van der Waals surface area contributed by atoms with Crippen LogP contribution in [0.4, 0.5) is 10.5 Å². The summed E-state index contributed by atoms with van der Waals surface area (Å²) in [6, 6.07) is 8.89. The Balaban J connectivity index is 2.75. The lowest BCUT2D eigenvalue weighted by atomic mass is 10.2. The van der Waals surface area contributed by atoms with Gasteiger partial charge in [0, 0.05) is 0 Å². The fourth-order valence-electron chi connectivity index (χ4n) is 1.33. The van der Waals surface area contributed by atoms with Crippen LogP contribution >= 0.6 is 0 Å². The number of imide groups is 1. The van der Waals surface area contributed by atoms with Crippen molar-refractivity contribution in [1.82, 2.24) is 5.32 Å². The number of carbonyl (C=O) groups excluding carboxylic acids is 2. The highest BCUT2D eigenvalue weighted by atomic mass is 16.5. The molecule has 3 N–H and O–H groups in total. The lowest BCUT2D eigenvalue weighted by Gasteiger charge is -2.22. The van der Waals surface area contributed by atoms with E-state index in [1.807, 2.05) is 5.32 Å². The minimum Gasteiger partial charge on any atom is -0.450 e. The van der Waals surface area contributed by atoms with Gasteiger partial charge in [0.25, 0.3) is 5.91 Å². The van der Waals surface area contributed by atoms with E-state index in [4.69, 9.17) is 11.1 Å². The molecule has 19 heavy (non-hydrogen) atoms. The molecular formula is C12H14N4O3. The van der Waals surface area contributed by atoms with Gasteiger partial charge in [-0.05, 0) is 19.1 Å². The molecule has 0 fully saturated rings. The van der Waals surface area contributed by atoms with Crippen molar-refractivity contribution in [1.29, 1.82) is 5.26 Å². The van der Waals surface area contributed by atoms with Crippen LogP contribution in [0.5, 0.6) is 0 Å². The average Bonchev–Trinajstić information content (AvgIpc) is 2.40. The Morgan fingerprint density at radius 2 is 2.11 bits per heavy atom. The topological polar surface area (TPSA) is 108 Å². The van der Waals surface area contributed by atoms with E-state index in [1.165, 1.54) is 0 Å². The molecule has 0 heterocycles. The smallest absolute Gasteiger partial charge is 0.413 e. The minimum atomic E-state index is -1.33. The van der Waals surface area contributed by atoms with E-state index in [2.05, 4.69) is 4.74 Å². The van der Waals surface area contributed by atoms with E-state index in [0.717, 1.165) is 5.01 Å². The van der Waals surface area contributed by atoms with Crippen molar-refractivity contribution in [2.45, 2.75) is 13.0 Å². The standard InChI is InChI=1S/C12H14N4O3/c1-2-19-12(18)15-11(17)10(8-13)16(14)9-6-4-3-5-7-9/h3-7,10H,2,14H2,1H3,(H,15,17,18). The molecule has 0 saturated heterocycles. The molecule has 7 heteroatoms. The SMILES string of the molecule is CCOC(=O)NC(=O)C(C#N)N(N)c1ccccc1. The number of hydrogen-bond acceptors (Lipinski definition) is 6. The van der Waals surface area contributed by atoms with E-state index in [0.29, 0.717) is 5.69 Å². The third kappa shape index (κ3) is 3.97. The number of para-hydroxylation sites is 1. The number of anilines is 1. The van der Waals surface area contributed by atoms with Gasteiger partial charge in [-0.1, -0.05) is 18.2 Å². The molecule has 2 amide bonds. The van der Waals surface area contributed by atoms with Crippen LogP contribution in [0.15, 0.2) is 30.3 Å². The number of rotatable bonds is 4. The van der Waals surface area contributed by atoms with Crippen molar-refractivity contribution >= 4 is 17.7 Å². The second-order valence-electron chi connectivity index (χ2n) is 3.48. The van der Waals surface area contributed by atoms with Gasteiger partial charge in [0.2, 0.25) is 6.04 Å². The summed E-state index contributed by atoms with van der Waals surface area (Å²) in [5, 5.41) is 11.9. The highest BCUT2D eigenvalue weighted by Crippen LogP contribution is 2.12. The van der Waals surface area contributed by atoms with Crippen LogP contribution in [0, 0.1) is 11.3 Å². The highest BCUT2D eigenvalue weighted by Gasteiger charge is 2.25. The van der Waals surface area contributed by atoms with Crippen LogP contribution < -0.4 is 16.2 Å². The number of nitriles is 1. The van der Waals surface area contributed by atoms with Crippen LogP contribution in [0.2, 0.25) is 0 Å². The van der Waals surface area contributed by atoms with Gasteiger partial charge in [0.05, 0.1) is 18.4 Å². The Kier molecular flexibility index (Phi) is 5.32. The number of hydrogen-bond donors (Lipinski definition) is 2. The third-order valence-electron chi connectivity index (χ3n) is 2.20. The van der Waals surface area contributed by atoms with E-state index in [1.54, 1.807) is 43.3 Å². The second-order valence-corrected chi connectivity index (χ2v) is 3.48. The van der Waals surface area contributed by atoms with Gasteiger partial charge in [-0.2, -0.15) is 5.26 Å². The molecule has 0 aliphatic carbocycles. The monoisotopic (exact) mass is 262 g/mol. The number of alkyl carbamates (subject to hydrolysis) is 1. The van der Waals surface area contributed by atoms with Gasteiger partial charge in [-0.25, -0.2) is 10.6 Å². The maximum absolute atomic E-state index is 11.7. The van der Waals surface area contributed by atoms with Gasteiger partial charge in [0.1, 0.15) is 0 Å². The van der Waals surface area contributed by atoms with Crippen molar-refractivity contribution in [3.63, 3.8) is 0 Å². The molecule has 1 atom stereocenters. The van der Waals surface area contributed by atoms with Gasteiger partial charge < -0.3 is 4.74 Å². The fraction of sp³-hybridized carbons (Fsp3) is 0.250. The predicted octanol–water partition coefficient (Wildman–Crippen LogP) is 0.532. The lowest BCUT2D eigenvalue weighted by molar-refractivity contribution is -0.120. The summed E-state index contributed by atoms with van der Waals surface area (Å²) in [6.07, 6.45) is -0.908. The molecule has 7 nitrogen and oxygen atoms in total. The Labute approximate surface area is 110 Å². The van der Waals surface area contributed by atoms with Crippen molar-refractivity contribution in [2.24, 2.45) is 5.84 Å². The van der Waals surface area contributed by atoms with Crippen molar-refractivity contribution < 1.29 is 14.3 Å². The number of ether oxygens (including phenoxy) is 1. The normalized spacial score (nSPS) is 11.0. The molecule has 0 radical (unpaired) electrons. The van der Waals surface area contributed by atoms with Crippen molar-refractivity contribution in [2.75, 3.05) is 11.6 Å². The third-order valence-corrected chi connectivity index (χ3v) is 2.20. The first-order valence-electron chi connectivity index (χ1n) is 5.56. The first-order chi connectivity index (χ1) is 9.10. The number of carbonyl (C=O) groups is 2. The van der Waals surface area contributed by atoms with Gasteiger partial charge in [-0.3, -0.25) is 15.1 Å². The summed E-state index contributed by atoms with van der Waals surface area (Å²) in [5.74, 6) is 4.86. The Bertz CT molecular complexity index is 483. The molecule has 1 unspecified atom stereocenters. The largest absolute Gasteiger partial charge is 0.450 e. The lowest BCUT2D eigenvalue weighted by Crippen LogP contribution is -2.51. The van der Waals surface area contributed by atoms with Crippen LogP contribution in [-0.2, 0) is 9.53 Å². The van der Waals surface area contributed by atoms with Gasteiger partial charge >= 0.3 is 6.09 Å². The predicted molar refractivity (Wildman–Crippen MR) is 67.7 cm³/mol. The number of nitrogens with zero attached hydrogens (tertiary/aromatic N) is 2. The molecule has 100 valence electrons. The molecule has 0 spiro atoms. The maximum Gasteiger partial charge on any atom is 0.413 e. The molecule has 0 aliphatic heterocycles. The summed E-state index contributed by atoms with van der Waals surface area (Å²) in [7, 11) is 0. The maximum atomic E-state index is 11.7. The molecule has 0 bridgehead atoms. The van der Waals surface area contributed by atoms with Crippen molar-refractivity contribution in [3.05, 3.63) is 30.3 Å². The first kappa shape index (κ1) is 14.5. The number of benzene rings is 1. The molecule has 1 rings (SSSR count). The van der Waals surface area contributed by atoms with E-state index in [9.17, 15) is 9.59 Å². The summed E-state index contributed by atoms with van der Waals surface area (Å²) >= 11 is 0. The Hall–Kier alpha value is -2.59.